The number of fused-ring (bicyclic) bond motifs is 1. The minimum atomic E-state index is 0.959. The van der Waals surface area contributed by atoms with Crippen molar-refractivity contribution in [2.24, 2.45) is 0 Å². The van der Waals surface area contributed by atoms with Gasteiger partial charge in [0.05, 0.1) is 5.39 Å². The molecule has 0 aromatic carbocycles. The number of aryl methyl sites for hydroxylation is 2. The van der Waals surface area contributed by atoms with Crippen molar-refractivity contribution in [2.75, 3.05) is 31.6 Å². The summed E-state index contributed by atoms with van der Waals surface area (Å²) in [5.74, 6) is 1.05. The maximum absolute atomic E-state index is 4.47. The van der Waals surface area contributed by atoms with E-state index < -0.39 is 0 Å². The molecule has 0 aliphatic carbocycles. The highest BCUT2D eigenvalue weighted by atomic mass is 32.1. The standard InChI is InChI=1S/C14H22N4S/c1-5-6-15-7-8-18(4)13-12-10(2)11(3)19-14(12)17-9-16-13/h9,15H,5-8H2,1-4H3. The van der Waals surface area contributed by atoms with E-state index in [2.05, 4.69) is 48.0 Å². The molecule has 0 spiro atoms. The first kappa shape index (κ1) is 14.2. The van der Waals surface area contributed by atoms with Crippen LogP contribution in [-0.2, 0) is 0 Å². The van der Waals surface area contributed by atoms with Crippen molar-refractivity contribution in [3.63, 3.8) is 0 Å². The van der Waals surface area contributed by atoms with Crippen LogP contribution in [0.15, 0.2) is 6.33 Å². The van der Waals surface area contributed by atoms with Crippen molar-refractivity contribution >= 4 is 27.4 Å². The fourth-order valence-corrected chi connectivity index (χ4v) is 3.10. The Hall–Kier alpha value is -1.20. The molecule has 0 atom stereocenters. The van der Waals surface area contributed by atoms with E-state index in [9.17, 15) is 0 Å². The van der Waals surface area contributed by atoms with Gasteiger partial charge in [-0.15, -0.1) is 11.3 Å². The number of aromatic nitrogens is 2. The SMILES string of the molecule is CCCNCCN(C)c1ncnc2sc(C)c(C)c12. The van der Waals surface area contributed by atoms with E-state index in [1.807, 2.05) is 0 Å². The fourth-order valence-electron chi connectivity index (χ4n) is 2.11. The maximum Gasteiger partial charge on any atom is 0.140 e. The lowest BCUT2D eigenvalue weighted by atomic mass is 10.2. The summed E-state index contributed by atoms with van der Waals surface area (Å²) in [4.78, 5) is 13.5. The largest absolute Gasteiger partial charge is 0.358 e. The van der Waals surface area contributed by atoms with Gasteiger partial charge in [0.1, 0.15) is 17.0 Å². The zero-order valence-corrected chi connectivity index (χ0v) is 13.0. The molecule has 0 fully saturated rings. The van der Waals surface area contributed by atoms with Crippen molar-refractivity contribution in [1.82, 2.24) is 15.3 Å². The Morgan fingerprint density at radius 3 is 2.79 bits per heavy atom. The highest BCUT2D eigenvalue weighted by molar-refractivity contribution is 7.18. The Kier molecular flexibility index (Phi) is 4.71. The van der Waals surface area contributed by atoms with Crippen LogP contribution in [-0.4, -0.2) is 36.6 Å². The Balaban J connectivity index is 2.19. The number of thiophene rings is 1. The van der Waals surface area contributed by atoms with Gasteiger partial charge in [0, 0.05) is 25.0 Å². The number of nitrogens with zero attached hydrogens (tertiary/aromatic N) is 3. The topological polar surface area (TPSA) is 41.0 Å². The molecule has 0 unspecified atom stereocenters. The number of anilines is 1. The molecule has 0 amide bonds. The molecule has 5 heteroatoms. The summed E-state index contributed by atoms with van der Waals surface area (Å²) in [6.07, 6.45) is 2.84. The lowest BCUT2D eigenvalue weighted by molar-refractivity contribution is 0.664. The van der Waals surface area contributed by atoms with Crippen LogP contribution in [0.4, 0.5) is 5.82 Å². The maximum atomic E-state index is 4.47. The molecule has 104 valence electrons. The van der Waals surface area contributed by atoms with Crippen molar-refractivity contribution in [3.8, 4) is 0 Å². The van der Waals surface area contributed by atoms with E-state index in [0.29, 0.717) is 0 Å². The van der Waals surface area contributed by atoms with Gasteiger partial charge in [-0.05, 0) is 32.4 Å². The van der Waals surface area contributed by atoms with Crippen LogP contribution >= 0.6 is 11.3 Å². The zero-order chi connectivity index (χ0) is 13.8. The van der Waals surface area contributed by atoms with Crippen LogP contribution in [0.5, 0.6) is 0 Å². The second-order valence-corrected chi connectivity index (χ2v) is 6.04. The van der Waals surface area contributed by atoms with Gasteiger partial charge in [-0.2, -0.15) is 0 Å². The number of hydrogen-bond donors (Lipinski definition) is 1. The van der Waals surface area contributed by atoms with Gasteiger partial charge >= 0.3 is 0 Å². The third-order valence-corrected chi connectivity index (χ3v) is 4.47. The van der Waals surface area contributed by atoms with Gasteiger partial charge in [-0.1, -0.05) is 6.92 Å². The van der Waals surface area contributed by atoms with E-state index >= 15 is 0 Å². The Morgan fingerprint density at radius 1 is 1.26 bits per heavy atom. The third kappa shape index (κ3) is 3.04. The van der Waals surface area contributed by atoms with Crippen LogP contribution in [0, 0.1) is 13.8 Å². The van der Waals surface area contributed by atoms with Gasteiger partial charge in [-0.3, -0.25) is 0 Å². The Labute approximate surface area is 118 Å². The minimum Gasteiger partial charge on any atom is -0.358 e. The lowest BCUT2D eigenvalue weighted by Crippen LogP contribution is -2.30. The molecule has 0 radical (unpaired) electrons. The van der Waals surface area contributed by atoms with Gasteiger partial charge in [0.25, 0.3) is 0 Å². The lowest BCUT2D eigenvalue weighted by Gasteiger charge is -2.19. The molecular formula is C14H22N4S. The molecule has 2 heterocycles. The molecular weight excluding hydrogens is 256 g/mol. The predicted molar refractivity (Wildman–Crippen MR) is 83.3 cm³/mol. The first-order valence-electron chi connectivity index (χ1n) is 6.77. The molecule has 0 saturated carbocycles. The normalized spacial score (nSPS) is 11.2. The molecule has 2 aromatic heterocycles. The Morgan fingerprint density at radius 2 is 2.05 bits per heavy atom. The van der Waals surface area contributed by atoms with Crippen LogP contribution in [0.2, 0.25) is 0 Å². The quantitative estimate of drug-likeness (QED) is 0.825. The fraction of sp³-hybridized carbons (Fsp3) is 0.571. The molecule has 1 N–H and O–H groups in total. The average Bonchev–Trinajstić information content (AvgIpc) is 2.70. The van der Waals surface area contributed by atoms with E-state index in [1.165, 1.54) is 22.2 Å². The average molecular weight is 278 g/mol. The summed E-state index contributed by atoms with van der Waals surface area (Å²) >= 11 is 1.75. The Bertz CT molecular complexity index is 550. The van der Waals surface area contributed by atoms with E-state index in [-0.39, 0.29) is 0 Å². The van der Waals surface area contributed by atoms with Crippen LogP contribution in [0.3, 0.4) is 0 Å². The van der Waals surface area contributed by atoms with E-state index in [4.69, 9.17) is 0 Å². The summed E-state index contributed by atoms with van der Waals surface area (Å²) in [5, 5.41) is 4.63. The summed E-state index contributed by atoms with van der Waals surface area (Å²) in [6.45, 7) is 9.50. The van der Waals surface area contributed by atoms with Crippen LogP contribution in [0.1, 0.15) is 23.8 Å². The zero-order valence-electron chi connectivity index (χ0n) is 12.2. The molecule has 0 saturated heterocycles. The van der Waals surface area contributed by atoms with Crippen LogP contribution in [0.25, 0.3) is 10.2 Å². The number of nitrogens with one attached hydrogen (secondary N) is 1. The third-order valence-electron chi connectivity index (χ3n) is 3.36. The number of rotatable bonds is 6. The summed E-state index contributed by atoms with van der Waals surface area (Å²) in [7, 11) is 2.10. The smallest absolute Gasteiger partial charge is 0.140 e. The van der Waals surface area contributed by atoms with Gasteiger partial charge in [-0.25, -0.2) is 9.97 Å². The van der Waals surface area contributed by atoms with Gasteiger partial charge < -0.3 is 10.2 Å². The predicted octanol–water partition coefficient (Wildman–Crippen LogP) is 2.74. The van der Waals surface area contributed by atoms with E-state index in [0.717, 1.165) is 30.3 Å². The van der Waals surface area contributed by atoms with Crippen molar-refractivity contribution < 1.29 is 0 Å². The number of hydrogen-bond acceptors (Lipinski definition) is 5. The first-order chi connectivity index (χ1) is 9.15. The van der Waals surface area contributed by atoms with Gasteiger partial charge in [0.2, 0.25) is 0 Å². The molecule has 19 heavy (non-hydrogen) atoms. The molecule has 2 rings (SSSR count). The molecule has 0 bridgehead atoms. The van der Waals surface area contributed by atoms with Crippen molar-refractivity contribution in [3.05, 3.63) is 16.8 Å². The highest BCUT2D eigenvalue weighted by Gasteiger charge is 2.14. The molecule has 4 nitrogen and oxygen atoms in total. The minimum absolute atomic E-state index is 0.959. The molecule has 2 aromatic rings. The summed E-state index contributed by atoms with van der Waals surface area (Å²) in [6, 6.07) is 0. The van der Waals surface area contributed by atoms with E-state index in [1.54, 1.807) is 17.7 Å². The summed E-state index contributed by atoms with van der Waals surface area (Å²) in [5.41, 5.74) is 1.31. The monoisotopic (exact) mass is 278 g/mol. The number of likely N-dealkylation sites (N-methyl/N-ethyl adjacent to an activating group) is 1. The second-order valence-electron chi connectivity index (χ2n) is 4.83. The summed E-state index contributed by atoms with van der Waals surface area (Å²) < 4.78 is 0. The molecule has 0 aliphatic heterocycles. The molecule has 0 aliphatic rings. The highest BCUT2D eigenvalue weighted by Crippen LogP contribution is 2.33. The second kappa shape index (κ2) is 6.30. The van der Waals surface area contributed by atoms with Gasteiger partial charge in [0.15, 0.2) is 0 Å². The van der Waals surface area contributed by atoms with Crippen molar-refractivity contribution in [1.29, 1.82) is 0 Å². The van der Waals surface area contributed by atoms with Crippen molar-refractivity contribution in [2.45, 2.75) is 27.2 Å². The first-order valence-corrected chi connectivity index (χ1v) is 7.59. The van der Waals surface area contributed by atoms with Crippen LogP contribution < -0.4 is 10.2 Å².